The van der Waals surface area contributed by atoms with Gasteiger partial charge < -0.3 is 38.9 Å². The van der Waals surface area contributed by atoms with E-state index in [-0.39, 0.29) is 36.7 Å². The summed E-state index contributed by atoms with van der Waals surface area (Å²) in [5.74, 6) is -0.644. The number of hydrogen-bond acceptors (Lipinski definition) is 12. The van der Waals surface area contributed by atoms with Crippen LogP contribution in [0.3, 0.4) is 0 Å². The first-order valence-corrected chi connectivity index (χ1v) is 14.3. The number of carbonyl (C=O) groups is 4. The second-order valence-corrected chi connectivity index (χ2v) is 9.95. The lowest BCUT2D eigenvalue weighted by Crippen LogP contribution is -2.37. The van der Waals surface area contributed by atoms with Gasteiger partial charge in [-0.05, 0) is 69.9 Å². The van der Waals surface area contributed by atoms with Crippen molar-refractivity contribution in [2.24, 2.45) is 5.73 Å². The Balaban J connectivity index is 2.01. The zero-order valence-corrected chi connectivity index (χ0v) is 25.2. The van der Waals surface area contributed by atoms with Gasteiger partial charge in [0.05, 0.1) is 0 Å². The lowest BCUT2D eigenvalue weighted by atomic mass is 10.1. The molecule has 2 N–H and O–H groups in total. The Bertz CT molecular complexity index is 1190. The van der Waals surface area contributed by atoms with Crippen molar-refractivity contribution >= 4 is 24.4 Å². The molecule has 2 rings (SSSR count). The molecule has 2 aromatic carbocycles. The number of esters is 1. The Morgan fingerprint density at radius 1 is 0.698 bits per heavy atom. The van der Waals surface area contributed by atoms with Gasteiger partial charge in [0.15, 0.2) is 11.5 Å². The first-order chi connectivity index (χ1) is 20.5. The summed E-state index contributed by atoms with van der Waals surface area (Å²) in [6.07, 6.45) is -1.58. The van der Waals surface area contributed by atoms with Gasteiger partial charge in [-0.3, -0.25) is 4.79 Å². The molecule has 0 aliphatic rings. The summed E-state index contributed by atoms with van der Waals surface area (Å²) in [6.45, 7) is 8.66. The van der Waals surface area contributed by atoms with E-state index in [2.05, 4.69) is 0 Å². The van der Waals surface area contributed by atoms with Crippen LogP contribution in [0.5, 0.6) is 17.2 Å². The Labute approximate surface area is 251 Å². The molecule has 12 heteroatoms. The van der Waals surface area contributed by atoms with E-state index in [4.69, 9.17) is 38.9 Å². The van der Waals surface area contributed by atoms with Crippen molar-refractivity contribution in [3.8, 4) is 17.2 Å². The predicted molar refractivity (Wildman–Crippen MR) is 155 cm³/mol. The third-order valence-corrected chi connectivity index (χ3v) is 5.84. The quantitative estimate of drug-likeness (QED) is 0.142. The van der Waals surface area contributed by atoms with Crippen molar-refractivity contribution in [1.82, 2.24) is 0 Å². The van der Waals surface area contributed by atoms with E-state index in [0.717, 1.165) is 12.8 Å². The maximum absolute atomic E-state index is 12.6. The SMILES string of the molecule is CCCC(C)OC(=O)Oc1ccc(C[C@H](N)C(=O)O[C@@H](C)COC(=O)Oc2ccccc2)cc1OC(=O)OC(C)CCC. The van der Waals surface area contributed by atoms with Crippen molar-refractivity contribution in [2.45, 2.75) is 91.1 Å². The summed E-state index contributed by atoms with van der Waals surface area (Å²) in [5, 5.41) is 0. The van der Waals surface area contributed by atoms with Crippen LogP contribution in [-0.4, -0.2) is 55.4 Å². The Hall–Kier alpha value is -4.32. The van der Waals surface area contributed by atoms with Crippen LogP contribution in [-0.2, 0) is 30.2 Å². The topological polar surface area (TPSA) is 159 Å². The van der Waals surface area contributed by atoms with E-state index in [1.165, 1.54) is 19.1 Å². The number of benzene rings is 2. The highest BCUT2D eigenvalue weighted by Crippen LogP contribution is 2.30. The fraction of sp³-hybridized carbons (Fsp3) is 0.484. The van der Waals surface area contributed by atoms with E-state index in [0.29, 0.717) is 24.2 Å². The Kier molecular flexibility index (Phi) is 14.8. The number of carbonyl (C=O) groups excluding carboxylic acids is 4. The zero-order valence-electron chi connectivity index (χ0n) is 25.2. The number of nitrogens with two attached hydrogens (primary N) is 1. The maximum atomic E-state index is 12.6. The highest BCUT2D eigenvalue weighted by Gasteiger charge is 2.23. The molecule has 0 saturated carbocycles. The fourth-order valence-electron chi connectivity index (χ4n) is 3.79. The highest BCUT2D eigenvalue weighted by molar-refractivity contribution is 5.76. The molecule has 0 aliphatic carbocycles. The summed E-state index contributed by atoms with van der Waals surface area (Å²) < 4.78 is 36.4. The second kappa shape index (κ2) is 18.3. The normalized spacial score (nSPS) is 13.4. The summed E-state index contributed by atoms with van der Waals surface area (Å²) >= 11 is 0. The van der Waals surface area contributed by atoms with Gasteiger partial charge in [0.2, 0.25) is 0 Å². The predicted octanol–water partition coefficient (Wildman–Crippen LogP) is 6.11. The van der Waals surface area contributed by atoms with Crippen LogP contribution in [0.1, 0.15) is 65.9 Å². The van der Waals surface area contributed by atoms with Gasteiger partial charge in [-0.1, -0.05) is 51.0 Å². The van der Waals surface area contributed by atoms with Crippen molar-refractivity contribution < 1.29 is 52.3 Å². The molecule has 0 saturated heterocycles. The standard InChI is InChI=1S/C31H41NO11/c1-6-11-20(3)39-30(35)42-26-16-15-23(18-27(26)43-31(36)40-21(4)12-7-2)17-25(32)28(33)38-22(5)19-37-29(34)41-24-13-9-8-10-14-24/h8-10,13-16,18,20-22,25H,6-7,11-12,17,19,32H2,1-5H3/t20?,21?,22-,25-/m0/s1. The van der Waals surface area contributed by atoms with E-state index in [1.54, 1.807) is 50.2 Å². The van der Waals surface area contributed by atoms with Crippen LogP contribution >= 0.6 is 0 Å². The van der Waals surface area contributed by atoms with Gasteiger partial charge in [-0.2, -0.15) is 0 Å². The lowest BCUT2D eigenvalue weighted by Gasteiger charge is -2.18. The molecular weight excluding hydrogens is 562 g/mol. The molecule has 43 heavy (non-hydrogen) atoms. The molecule has 0 aliphatic heterocycles. The molecule has 236 valence electrons. The van der Waals surface area contributed by atoms with Gasteiger partial charge in [0, 0.05) is 0 Å². The van der Waals surface area contributed by atoms with Crippen molar-refractivity contribution in [1.29, 1.82) is 0 Å². The van der Waals surface area contributed by atoms with Crippen LogP contribution in [0, 0.1) is 0 Å². The third-order valence-electron chi connectivity index (χ3n) is 5.84. The smallest absolute Gasteiger partial charge is 0.458 e. The average Bonchev–Trinajstić information content (AvgIpc) is 2.94. The van der Waals surface area contributed by atoms with Crippen molar-refractivity contribution in [3.05, 3.63) is 54.1 Å². The molecule has 0 fully saturated rings. The van der Waals surface area contributed by atoms with Crippen LogP contribution in [0.25, 0.3) is 0 Å². The fourth-order valence-corrected chi connectivity index (χ4v) is 3.79. The maximum Gasteiger partial charge on any atom is 0.514 e. The van der Waals surface area contributed by atoms with Gasteiger partial charge in [0.1, 0.15) is 36.7 Å². The molecule has 0 heterocycles. The summed E-state index contributed by atoms with van der Waals surface area (Å²) in [5.41, 5.74) is 6.54. The third kappa shape index (κ3) is 13.5. The van der Waals surface area contributed by atoms with Crippen LogP contribution in [0.2, 0.25) is 0 Å². The number of rotatable bonds is 15. The molecule has 0 bridgehead atoms. The molecule has 0 spiro atoms. The largest absolute Gasteiger partial charge is 0.514 e. The zero-order chi connectivity index (χ0) is 31.8. The van der Waals surface area contributed by atoms with Gasteiger partial charge >= 0.3 is 24.4 Å². The van der Waals surface area contributed by atoms with E-state index in [1.807, 2.05) is 13.8 Å². The van der Waals surface area contributed by atoms with Crippen LogP contribution in [0.4, 0.5) is 14.4 Å². The second-order valence-electron chi connectivity index (χ2n) is 9.95. The monoisotopic (exact) mass is 603 g/mol. The van der Waals surface area contributed by atoms with Crippen molar-refractivity contribution in [2.75, 3.05) is 6.61 Å². The molecule has 0 aromatic heterocycles. The number of para-hydroxylation sites is 1. The van der Waals surface area contributed by atoms with Crippen molar-refractivity contribution in [3.63, 3.8) is 0 Å². The number of ether oxygens (including phenoxy) is 7. The summed E-state index contributed by atoms with van der Waals surface area (Å²) in [4.78, 5) is 49.2. The summed E-state index contributed by atoms with van der Waals surface area (Å²) in [6, 6.07) is 11.6. The first kappa shape index (κ1) is 34.9. The van der Waals surface area contributed by atoms with E-state index >= 15 is 0 Å². The lowest BCUT2D eigenvalue weighted by molar-refractivity contribution is -0.151. The van der Waals surface area contributed by atoms with Crippen LogP contribution in [0.15, 0.2) is 48.5 Å². The van der Waals surface area contributed by atoms with Gasteiger partial charge in [-0.25, -0.2) is 14.4 Å². The minimum atomic E-state index is -1.12. The van der Waals surface area contributed by atoms with Crippen LogP contribution < -0.4 is 19.9 Å². The average molecular weight is 604 g/mol. The molecule has 0 radical (unpaired) electrons. The number of hydrogen-bond donors (Lipinski definition) is 1. The highest BCUT2D eigenvalue weighted by atomic mass is 16.8. The minimum absolute atomic E-state index is 0.0155. The molecule has 0 amide bonds. The first-order valence-electron chi connectivity index (χ1n) is 14.3. The molecule has 4 atom stereocenters. The molecular formula is C31H41NO11. The molecule has 2 aromatic rings. The minimum Gasteiger partial charge on any atom is -0.458 e. The summed E-state index contributed by atoms with van der Waals surface area (Å²) in [7, 11) is 0. The molecule has 2 unspecified atom stereocenters. The Morgan fingerprint density at radius 3 is 1.86 bits per heavy atom. The van der Waals surface area contributed by atoms with Gasteiger partial charge in [0.25, 0.3) is 0 Å². The Morgan fingerprint density at radius 2 is 1.28 bits per heavy atom. The van der Waals surface area contributed by atoms with E-state index in [9.17, 15) is 19.2 Å². The van der Waals surface area contributed by atoms with Gasteiger partial charge in [-0.15, -0.1) is 0 Å². The molecule has 12 nitrogen and oxygen atoms in total. The van der Waals surface area contributed by atoms with E-state index < -0.39 is 36.6 Å².